The minimum atomic E-state index is -0.555. The number of amides is 2. The fraction of sp³-hybridized carbons (Fsp3) is 0.680. The number of nitrogens with one attached hydrogen (secondary N) is 1. The SMILES string of the molecule is CC(C)C(NC(=O)C12CC3CC(CC(C3)C1)C2)C(=O)N(CCO)Cc1ccccc1. The van der Waals surface area contributed by atoms with Crippen LogP contribution in [-0.4, -0.2) is 41.0 Å². The van der Waals surface area contributed by atoms with Crippen LogP contribution in [0.4, 0.5) is 0 Å². The number of benzene rings is 1. The summed E-state index contributed by atoms with van der Waals surface area (Å²) in [6.07, 6.45) is 6.86. The summed E-state index contributed by atoms with van der Waals surface area (Å²) in [6.45, 7) is 4.59. The number of aliphatic hydroxyl groups is 1. The van der Waals surface area contributed by atoms with Gasteiger partial charge in [0, 0.05) is 18.5 Å². The highest BCUT2D eigenvalue weighted by Crippen LogP contribution is 2.60. The highest BCUT2D eigenvalue weighted by molar-refractivity contribution is 5.90. The van der Waals surface area contributed by atoms with Crippen LogP contribution in [-0.2, 0) is 16.1 Å². The lowest BCUT2D eigenvalue weighted by Crippen LogP contribution is -2.59. The molecule has 1 unspecified atom stereocenters. The van der Waals surface area contributed by atoms with Crippen LogP contribution in [0.3, 0.4) is 0 Å². The first-order valence-corrected chi connectivity index (χ1v) is 11.6. The molecule has 4 saturated carbocycles. The Kier molecular flexibility index (Phi) is 6.19. The van der Waals surface area contributed by atoms with Crippen molar-refractivity contribution in [3.63, 3.8) is 0 Å². The lowest BCUT2D eigenvalue weighted by Gasteiger charge is -2.56. The second-order valence-electron chi connectivity index (χ2n) is 10.4. The third kappa shape index (κ3) is 4.27. The molecule has 1 aromatic carbocycles. The normalized spacial score (nSPS) is 30.3. The van der Waals surface area contributed by atoms with E-state index in [1.165, 1.54) is 19.3 Å². The van der Waals surface area contributed by atoms with Crippen molar-refractivity contribution in [2.24, 2.45) is 29.1 Å². The van der Waals surface area contributed by atoms with E-state index in [9.17, 15) is 14.7 Å². The Morgan fingerprint density at radius 2 is 1.63 bits per heavy atom. The average molecular weight is 413 g/mol. The molecule has 2 amide bonds. The first-order valence-electron chi connectivity index (χ1n) is 11.6. The molecule has 4 aliphatic rings. The minimum Gasteiger partial charge on any atom is -0.395 e. The van der Waals surface area contributed by atoms with Gasteiger partial charge in [0.05, 0.1) is 6.61 Å². The second-order valence-corrected chi connectivity index (χ2v) is 10.4. The molecule has 4 aliphatic carbocycles. The number of carbonyl (C=O) groups is 2. The summed E-state index contributed by atoms with van der Waals surface area (Å²) in [5.41, 5.74) is 0.762. The van der Waals surface area contributed by atoms with E-state index in [4.69, 9.17) is 0 Å². The van der Waals surface area contributed by atoms with Gasteiger partial charge in [-0.1, -0.05) is 44.2 Å². The van der Waals surface area contributed by atoms with Gasteiger partial charge in [-0.15, -0.1) is 0 Å². The van der Waals surface area contributed by atoms with Gasteiger partial charge in [-0.05, 0) is 67.8 Å². The fourth-order valence-electron chi connectivity index (χ4n) is 6.59. The molecule has 0 aliphatic heterocycles. The Balaban J connectivity index is 1.48. The predicted molar refractivity (Wildman–Crippen MR) is 116 cm³/mol. The molecule has 4 bridgehead atoms. The summed E-state index contributed by atoms with van der Waals surface area (Å²) in [5, 5.41) is 12.7. The summed E-state index contributed by atoms with van der Waals surface area (Å²) < 4.78 is 0. The van der Waals surface area contributed by atoms with E-state index in [2.05, 4.69) is 5.32 Å². The number of carbonyl (C=O) groups excluding carboxylic acids is 2. The van der Waals surface area contributed by atoms with Crippen molar-refractivity contribution < 1.29 is 14.7 Å². The Morgan fingerprint density at radius 3 is 2.13 bits per heavy atom. The number of rotatable bonds is 8. The maximum atomic E-state index is 13.5. The summed E-state index contributed by atoms with van der Waals surface area (Å²) in [5.74, 6) is 2.07. The maximum absolute atomic E-state index is 13.5. The third-order valence-electron chi connectivity index (χ3n) is 7.64. The smallest absolute Gasteiger partial charge is 0.245 e. The van der Waals surface area contributed by atoms with Crippen molar-refractivity contribution in [1.29, 1.82) is 0 Å². The van der Waals surface area contributed by atoms with Crippen molar-refractivity contribution in [2.45, 2.75) is 65.0 Å². The standard InChI is InChI=1S/C25H36N2O3/c1-17(2)22(23(29)27(8-9-28)16-18-6-4-3-5-7-18)26-24(30)25-13-19-10-20(14-25)12-21(11-19)15-25/h3-7,17,19-22,28H,8-16H2,1-2H3,(H,26,30). The number of aliphatic hydroxyl groups excluding tert-OH is 1. The highest BCUT2D eigenvalue weighted by Gasteiger charge is 2.55. The molecule has 5 rings (SSSR count). The molecule has 30 heavy (non-hydrogen) atoms. The summed E-state index contributed by atoms with van der Waals surface area (Å²) in [7, 11) is 0. The van der Waals surface area contributed by atoms with Gasteiger partial charge in [0.1, 0.15) is 6.04 Å². The Labute approximate surface area is 180 Å². The van der Waals surface area contributed by atoms with Crippen LogP contribution in [0.1, 0.15) is 57.9 Å². The molecular formula is C25H36N2O3. The molecule has 0 aromatic heterocycles. The molecule has 0 radical (unpaired) electrons. The summed E-state index contributed by atoms with van der Waals surface area (Å²) in [6, 6.07) is 9.26. The van der Waals surface area contributed by atoms with Gasteiger partial charge in [-0.2, -0.15) is 0 Å². The predicted octanol–water partition coefficient (Wildman–Crippen LogP) is 3.36. The van der Waals surface area contributed by atoms with E-state index in [1.54, 1.807) is 4.90 Å². The zero-order chi connectivity index (χ0) is 21.3. The molecule has 5 nitrogen and oxygen atoms in total. The number of nitrogens with zero attached hydrogens (tertiary/aromatic N) is 1. The van der Waals surface area contributed by atoms with Crippen molar-refractivity contribution in [1.82, 2.24) is 10.2 Å². The van der Waals surface area contributed by atoms with Crippen LogP contribution in [0.2, 0.25) is 0 Å². The second kappa shape index (κ2) is 8.70. The van der Waals surface area contributed by atoms with E-state index in [0.717, 1.165) is 24.8 Å². The molecule has 5 heteroatoms. The van der Waals surface area contributed by atoms with E-state index < -0.39 is 6.04 Å². The first-order chi connectivity index (χ1) is 14.4. The van der Waals surface area contributed by atoms with E-state index in [-0.39, 0.29) is 36.3 Å². The largest absolute Gasteiger partial charge is 0.395 e. The maximum Gasteiger partial charge on any atom is 0.245 e. The molecule has 0 saturated heterocycles. The zero-order valence-corrected chi connectivity index (χ0v) is 18.3. The van der Waals surface area contributed by atoms with Crippen LogP contribution in [0.5, 0.6) is 0 Å². The van der Waals surface area contributed by atoms with Crippen LogP contribution in [0.25, 0.3) is 0 Å². The highest BCUT2D eigenvalue weighted by atomic mass is 16.3. The molecule has 0 spiro atoms. The van der Waals surface area contributed by atoms with Crippen molar-refractivity contribution in [3.8, 4) is 0 Å². The van der Waals surface area contributed by atoms with Gasteiger partial charge < -0.3 is 15.3 Å². The van der Waals surface area contributed by atoms with E-state index in [0.29, 0.717) is 24.3 Å². The van der Waals surface area contributed by atoms with Gasteiger partial charge in [0.2, 0.25) is 11.8 Å². The number of hydrogen-bond acceptors (Lipinski definition) is 3. The molecular weight excluding hydrogens is 376 g/mol. The molecule has 164 valence electrons. The zero-order valence-electron chi connectivity index (χ0n) is 18.3. The van der Waals surface area contributed by atoms with Crippen LogP contribution in [0, 0.1) is 29.1 Å². The van der Waals surface area contributed by atoms with Gasteiger partial charge >= 0.3 is 0 Å². The molecule has 0 heterocycles. The van der Waals surface area contributed by atoms with Gasteiger partial charge in [-0.3, -0.25) is 9.59 Å². The summed E-state index contributed by atoms with van der Waals surface area (Å²) in [4.78, 5) is 28.6. The molecule has 1 atom stereocenters. The van der Waals surface area contributed by atoms with Crippen LogP contribution >= 0.6 is 0 Å². The third-order valence-corrected chi connectivity index (χ3v) is 7.64. The summed E-state index contributed by atoms with van der Waals surface area (Å²) >= 11 is 0. The molecule has 1 aromatic rings. The Bertz CT molecular complexity index is 726. The Hall–Kier alpha value is -1.88. The van der Waals surface area contributed by atoms with Gasteiger partial charge in [-0.25, -0.2) is 0 Å². The van der Waals surface area contributed by atoms with Crippen LogP contribution in [0.15, 0.2) is 30.3 Å². The first kappa shape index (κ1) is 21.4. The van der Waals surface area contributed by atoms with Crippen molar-refractivity contribution in [3.05, 3.63) is 35.9 Å². The van der Waals surface area contributed by atoms with Gasteiger partial charge in [0.15, 0.2) is 0 Å². The van der Waals surface area contributed by atoms with Crippen LogP contribution < -0.4 is 5.32 Å². The van der Waals surface area contributed by atoms with Crippen molar-refractivity contribution >= 4 is 11.8 Å². The van der Waals surface area contributed by atoms with E-state index >= 15 is 0 Å². The van der Waals surface area contributed by atoms with Crippen molar-refractivity contribution in [2.75, 3.05) is 13.2 Å². The monoisotopic (exact) mass is 412 g/mol. The fourth-order valence-corrected chi connectivity index (χ4v) is 6.59. The average Bonchev–Trinajstić information content (AvgIpc) is 2.70. The minimum absolute atomic E-state index is 0.00710. The lowest BCUT2D eigenvalue weighted by molar-refractivity contribution is -0.151. The molecule has 4 fully saturated rings. The van der Waals surface area contributed by atoms with E-state index in [1.807, 2.05) is 44.2 Å². The quantitative estimate of drug-likeness (QED) is 0.688. The van der Waals surface area contributed by atoms with Gasteiger partial charge in [0.25, 0.3) is 0 Å². The number of hydrogen-bond donors (Lipinski definition) is 2. The molecule has 2 N–H and O–H groups in total. The Morgan fingerprint density at radius 1 is 1.07 bits per heavy atom. The lowest BCUT2D eigenvalue weighted by atomic mass is 9.49. The topological polar surface area (TPSA) is 69.6 Å².